The maximum absolute atomic E-state index is 10.6. The molecule has 0 spiro atoms. The molecule has 2 rings (SSSR count). The van der Waals surface area contributed by atoms with Crippen molar-refractivity contribution in [1.82, 2.24) is 0 Å². The van der Waals surface area contributed by atoms with Gasteiger partial charge >= 0.3 is 0 Å². The molecule has 2 aromatic rings. The zero-order valence-electron chi connectivity index (χ0n) is 12.1. The average Bonchev–Trinajstić information content (AvgIpc) is 2.53. The maximum Gasteiger partial charge on any atom is 0.269 e. The lowest BCUT2D eigenvalue weighted by Gasteiger charge is -2.09. The molecule has 0 heterocycles. The van der Waals surface area contributed by atoms with Gasteiger partial charge in [0.05, 0.1) is 23.6 Å². The molecule has 114 valence electrons. The Balaban J connectivity index is 2.29. The Hall–Kier alpha value is -2.34. The maximum atomic E-state index is 10.6. The molecule has 5 nitrogen and oxygen atoms in total. The van der Waals surface area contributed by atoms with Gasteiger partial charge in [0.1, 0.15) is 11.5 Å². The van der Waals surface area contributed by atoms with E-state index in [0.717, 1.165) is 15.6 Å². The van der Waals surface area contributed by atoms with E-state index in [4.69, 9.17) is 9.47 Å². The van der Waals surface area contributed by atoms with Gasteiger partial charge in [-0.3, -0.25) is 10.1 Å². The molecule has 0 amide bonds. The van der Waals surface area contributed by atoms with Crippen molar-refractivity contribution >= 4 is 33.8 Å². The Morgan fingerprint density at radius 1 is 1.05 bits per heavy atom. The summed E-state index contributed by atoms with van der Waals surface area (Å²) in [6.07, 6.45) is 3.74. The summed E-state index contributed by atoms with van der Waals surface area (Å²) in [4.78, 5) is 10.2. The summed E-state index contributed by atoms with van der Waals surface area (Å²) in [5.41, 5.74) is 1.80. The molecule has 0 saturated heterocycles. The zero-order chi connectivity index (χ0) is 16.1. The summed E-state index contributed by atoms with van der Waals surface area (Å²) in [5, 5.41) is 10.6. The second-order valence-corrected chi connectivity index (χ2v) is 5.27. The fourth-order valence-corrected chi connectivity index (χ4v) is 2.43. The number of halogens is 1. The highest BCUT2D eigenvalue weighted by atomic mass is 79.9. The van der Waals surface area contributed by atoms with Crippen molar-refractivity contribution in [2.24, 2.45) is 0 Å². The van der Waals surface area contributed by atoms with Gasteiger partial charge in [-0.1, -0.05) is 12.2 Å². The van der Waals surface area contributed by atoms with Crippen LogP contribution in [0.15, 0.2) is 40.9 Å². The number of hydrogen-bond acceptors (Lipinski definition) is 4. The normalized spacial score (nSPS) is 10.7. The molecule has 0 aliphatic carbocycles. The number of benzene rings is 2. The zero-order valence-corrected chi connectivity index (χ0v) is 13.7. The summed E-state index contributed by atoms with van der Waals surface area (Å²) < 4.78 is 11.4. The van der Waals surface area contributed by atoms with Crippen molar-refractivity contribution in [2.75, 3.05) is 14.2 Å². The number of nitro groups is 1. The number of methoxy groups -OCH3 is 2. The van der Waals surface area contributed by atoms with Gasteiger partial charge in [-0.25, -0.2) is 0 Å². The van der Waals surface area contributed by atoms with Crippen molar-refractivity contribution < 1.29 is 14.4 Å². The Morgan fingerprint density at radius 2 is 1.68 bits per heavy atom. The molecular formula is C16H14BrNO4. The SMILES string of the molecule is COc1cc(OC)c(C=Cc2ccc([N+](=O)[O-])cc2)cc1Br. The molecule has 0 N–H and O–H groups in total. The third-order valence-corrected chi connectivity index (χ3v) is 3.68. The van der Waals surface area contributed by atoms with Crippen LogP contribution in [0.1, 0.15) is 11.1 Å². The number of rotatable bonds is 5. The first-order chi connectivity index (χ1) is 10.5. The highest BCUT2D eigenvalue weighted by Gasteiger charge is 2.07. The summed E-state index contributed by atoms with van der Waals surface area (Å²) in [6.45, 7) is 0. The van der Waals surface area contributed by atoms with E-state index in [1.54, 1.807) is 32.4 Å². The third kappa shape index (κ3) is 3.65. The van der Waals surface area contributed by atoms with Crippen LogP contribution >= 0.6 is 15.9 Å². The molecular weight excluding hydrogens is 350 g/mol. The van der Waals surface area contributed by atoms with E-state index in [0.29, 0.717) is 11.5 Å². The van der Waals surface area contributed by atoms with Crippen LogP contribution in [0.25, 0.3) is 12.2 Å². The van der Waals surface area contributed by atoms with Gasteiger partial charge in [0, 0.05) is 23.8 Å². The number of ether oxygens (including phenoxy) is 2. The van der Waals surface area contributed by atoms with Crippen LogP contribution < -0.4 is 9.47 Å². The minimum Gasteiger partial charge on any atom is -0.496 e. The monoisotopic (exact) mass is 363 g/mol. The van der Waals surface area contributed by atoms with Crippen LogP contribution in [0.3, 0.4) is 0 Å². The largest absolute Gasteiger partial charge is 0.496 e. The minimum absolute atomic E-state index is 0.0712. The van der Waals surface area contributed by atoms with Crippen LogP contribution in [0.5, 0.6) is 11.5 Å². The molecule has 6 heteroatoms. The van der Waals surface area contributed by atoms with Crippen molar-refractivity contribution in [2.45, 2.75) is 0 Å². The van der Waals surface area contributed by atoms with Crippen molar-refractivity contribution in [3.8, 4) is 11.5 Å². The van der Waals surface area contributed by atoms with Gasteiger partial charge in [0.25, 0.3) is 5.69 Å². The number of hydrogen-bond donors (Lipinski definition) is 0. The summed E-state index contributed by atoms with van der Waals surface area (Å²) in [7, 11) is 3.18. The fraction of sp³-hybridized carbons (Fsp3) is 0.125. The van der Waals surface area contributed by atoms with E-state index in [2.05, 4.69) is 15.9 Å². The quantitative estimate of drug-likeness (QED) is 0.444. The van der Waals surface area contributed by atoms with Crippen LogP contribution in [0.4, 0.5) is 5.69 Å². The Kier molecular flexibility index (Phi) is 5.16. The molecule has 0 saturated carbocycles. The van der Waals surface area contributed by atoms with E-state index in [1.165, 1.54) is 12.1 Å². The highest BCUT2D eigenvalue weighted by Crippen LogP contribution is 2.33. The molecule has 2 aromatic carbocycles. The van der Waals surface area contributed by atoms with Crippen molar-refractivity contribution in [3.63, 3.8) is 0 Å². The Labute approximate surface area is 136 Å². The first-order valence-corrected chi connectivity index (χ1v) is 7.18. The van der Waals surface area contributed by atoms with Crippen LogP contribution in [0.2, 0.25) is 0 Å². The fourth-order valence-electron chi connectivity index (χ4n) is 1.91. The van der Waals surface area contributed by atoms with E-state index in [9.17, 15) is 10.1 Å². The molecule has 0 bridgehead atoms. The van der Waals surface area contributed by atoms with E-state index in [1.807, 2.05) is 18.2 Å². The smallest absolute Gasteiger partial charge is 0.269 e. The van der Waals surface area contributed by atoms with Gasteiger partial charge in [0.15, 0.2) is 0 Å². The van der Waals surface area contributed by atoms with Gasteiger partial charge in [-0.15, -0.1) is 0 Å². The summed E-state index contributed by atoms with van der Waals surface area (Å²) >= 11 is 3.43. The molecule has 0 aromatic heterocycles. The number of nitro benzene ring substituents is 1. The van der Waals surface area contributed by atoms with Crippen molar-refractivity contribution in [3.05, 3.63) is 62.1 Å². The number of nitrogens with zero attached hydrogens (tertiary/aromatic N) is 1. The van der Waals surface area contributed by atoms with Gasteiger partial charge in [-0.2, -0.15) is 0 Å². The lowest BCUT2D eigenvalue weighted by Crippen LogP contribution is -1.91. The first kappa shape index (κ1) is 16.0. The predicted octanol–water partition coefficient (Wildman–Crippen LogP) is 4.54. The molecule has 0 radical (unpaired) electrons. The Bertz CT molecular complexity index is 711. The molecule has 0 atom stereocenters. The lowest BCUT2D eigenvalue weighted by molar-refractivity contribution is -0.384. The molecule has 0 fully saturated rings. The third-order valence-electron chi connectivity index (χ3n) is 3.06. The van der Waals surface area contributed by atoms with Crippen LogP contribution in [-0.2, 0) is 0 Å². The predicted molar refractivity (Wildman–Crippen MR) is 89.3 cm³/mol. The van der Waals surface area contributed by atoms with Crippen molar-refractivity contribution in [1.29, 1.82) is 0 Å². The van der Waals surface area contributed by atoms with E-state index >= 15 is 0 Å². The summed E-state index contributed by atoms with van der Waals surface area (Å²) in [5.74, 6) is 1.36. The average molecular weight is 364 g/mol. The standard InChI is InChI=1S/C16H14BrNO4/c1-21-15-10-16(22-2)14(17)9-12(15)6-3-11-4-7-13(8-5-11)18(19)20/h3-10H,1-2H3. The lowest BCUT2D eigenvalue weighted by atomic mass is 10.1. The van der Waals surface area contributed by atoms with Crippen LogP contribution in [0, 0.1) is 10.1 Å². The second-order valence-electron chi connectivity index (χ2n) is 4.41. The molecule has 0 aliphatic rings. The van der Waals surface area contributed by atoms with E-state index < -0.39 is 4.92 Å². The van der Waals surface area contributed by atoms with E-state index in [-0.39, 0.29) is 5.69 Å². The van der Waals surface area contributed by atoms with Gasteiger partial charge in [-0.05, 0) is 39.7 Å². The van der Waals surface area contributed by atoms with Crippen LogP contribution in [-0.4, -0.2) is 19.1 Å². The summed E-state index contributed by atoms with van der Waals surface area (Å²) in [6, 6.07) is 10.0. The Morgan fingerprint density at radius 3 is 2.23 bits per heavy atom. The molecule has 22 heavy (non-hydrogen) atoms. The second kappa shape index (κ2) is 7.09. The molecule has 0 unspecified atom stereocenters. The highest BCUT2D eigenvalue weighted by molar-refractivity contribution is 9.10. The topological polar surface area (TPSA) is 61.6 Å². The minimum atomic E-state index is -0.420. The van der Waals surface area contributed by atoms with Gasteiger partial charge < -0.3 is 9.47 Å². The van der Waals surface area contributed by atoms with Gasteiger partial charge in [0.2, 0.25) is 0 Å². The first-order valence-electron chi connectivity index (χ1n) is 6.39. The molecule has 0 aliphatic heterocycles. The number of non-ortho nitro benzene ring substituents is 1.